The Bertz CT molecular complexity index is 280. The summed E-state index contributed by atoms with van der Waals surface area (Å²) in [6.45, 7) is 13.4. The Morgan fingerprint density at radius 3 is 2.35 bits per heavy atom. The zero-order valence-electron chi connectivity index (χ0n) is 12.1. The minimum atomic E-state index is -0.500. The standard InChI is InChI=1S/C16H29O/c1-6-12-15(4)10-7-9-14(2,3)13(15)8-11-16(12,5)17/h12-13,17H,1,6-11H2,2-5H3. The SMILES string of the molecule is [CH2]CC1C(C)(O)CCC2C(C)(C)CCCC21C. The lowest BCUT2D eigenvalue weighted by atomic mass is 9.45. The van der Waals surface area contributed by atoms with E-state index >= 15 is 0 Å². The molecule has 0 aliphatic heterocycles. The summed E-state index contributed by atoms with van der Waals surface area (Å²) >= 11 is 0. The second-order valence-electron chi connectivity index (χ2n) is 7.64. The van der Waals surface area contributed by atoms with Crippen LogP contribution in [-0.4, -0.2) is 10.7 Å². The van der Waals surface area contributed by atoms with E-state index in [1.54, 1.807) is 0 Å². The third kappa shape index (κ3) is 1.95. The summed E-state index contributed by atoms with van der Waals surface area (Å²) in [6, 6.07) is 0. The van der Waals surface area contributed by atoms with Gasteiger partial charge in [0.25, 0.3) is 0 Å². The lowest BCUT2D eigenvalue weighted by molar-refractivity contribution is -0.165. The highest BCUT2D eigenvalue weighted by atomic mass is 16.3. The van der Waals surface area contributed by atoms with E-state index in [2.05, 4.69) is 27.7 Å². The normalized spacial score (nSPS) is 49.8. The van der Waals surface area contributed by atoms with Crippen molar-refractivity contribution in [2.75, 3.05) is 0 Å². The van der Waals surface area contributed by atoms with Gasteiger partial charge in [0, 0.05) is 0 Å². The number of hydrogen-bond donors (Lipinski definition) is 1. The van der Waals surface area contributed by atoms with Crippen LogP contribution in [0.15, 0.2) is 0 Å². The first-order valence-electron chi connectivity index (χ1n) is 7.26. The second kappa shape index (κ2) is 3.98. The zero-order valence-corrected chi connectivity index (χ0v) is 12.1. The highest BCUT2D eigenvalue weighted by Gasteiger charge is 2.57. The summed E-state index contributed by atoms with van der Waals surface area (Å²) in [5.41, 5.74) is 0.239. The summed E-state index contributed by atoms with van der Waals surface area (Å²) < 4.78 is 0. The molecule has 0 heterocycles. The van der Waals surface area contributed by atoms with Gasteiger partial charge in [0.2, 0.25) is 0 Å². The molecular formula is C16H29O. The highest BCUT2D eigenvalue weighted by molar-refractivity contribution is 5.07. The van der Waals surface area contributed by atoms with Crippen LogP contribution in [0.1, 0.15) is 66.2 Å². The molecule has 0 bridgehead atoms. The fraction of sp³-hybridized carbons (Fsp3) is 0.938. The maximum Gasteiger partial charge on any atom is 0.0653 e. The van der Waals surface area contributed by atoms with Gasteiger partial charge in [-0.15, -0.1) is 0 Å². The summed E-state index contributed by atoms with van der Waals surface area (Å²) in [7, 11) is 0. The molecule has 17 heavy (non-hydrogen) atoms. The van der Waals surface area contributed by atoms with Gasteiger partial charge in [0.1, 0.15) is 0 Å². The van der Waals surface area contributed by atoms with Crippen molar-refractivity contribution >= 4 is 0 Å². The predicted octanol–water partition coefficient (Wildman–Crippen LogP) is 4.20. The Kier molecular flexibility index (Phi) is 3.14. The van der Waals surface area contributed by atoms with Crippen LogP contribution in [0, 0.1) is 29.6 Å². The Morgan fingerprint density at radius 1 is 1.12 bits per heavy atom. The van der Waals surface area contributed by atoms with Crippen molar-refractivity contribution in [3.8, 4) is 0 Å². The van der Waals surface area contributed by atoms with Crippen molar-refractivity contribution in [1.29, 1.82) is 0 Å². The van der Waals surface area contributed by atoms with Crippen LogP contribution >= 0.6 is 0 Å². The van der Waals surface area contributed by atoms with Gasteiger partial charge >= 0.3 is 0 Å². The molecule has 1 nitrogen and oxygen atoms in total. The van der Waals surface area contributed by atoms with Gasteiger partial charge in [-0.3, -0.25) is 0 Å². The monoisotopic (exact) mass is 237 g/mol. The molecule has 2 aliphatic carbocycles. The van der Waals surface area contributed by atoms with Crippen molar-refractivity contribution in [2.24, 2.45) is 22.7 Å². The topological polar surface area (TPSA) is 20.2 Å². The maximum atomic E-state index is 10.7. The number of aliphatic hydroxyl groups is 1. The van der Waals surface area contributed by atoms with Crippen molar-refractivity contribution in [3.63, 3.8) is 0 Å². The van der Waals surface area contributed by atoms with E-state index < -0.39 is 5.60 Å². The van der Waals surface area contributed by atoms with Crippen LogP contribution < -0.4 is 0 Å². The Hall–Kier alpha value is -0.0400. The minimum Gasteiger partial charge on any atom is -0.390 e. The molecular weight excluding hydrogens is 208 g/mol. The van der Waals surface area contributed by atoms with Crippen LogP contribution in [0.3, 0.4) is 0 Å². The van der Waals surface area contributed by atoms with Crippen molar-refractivity contribution in [1.82, 2.24) is 0 Å². The van der Waals surface area contributed by atoms with E-state index in [1.165, 1.54) is 25.7 Å². The molecule has 1 N–H and O–H groups in total. The third-order valence-corrected chi connectivity index (χ3v) is 6.05. The second-order valence-corrected chi connectivity index (χ2v) is 7.64. The Morgan fingerprint density at radius 2 is 1.76 bits per heavy atom. The van der Waals surface area contributed by atoms with Crippen molar-refractivity contribution < 1.29 is 5.11 Å². The molecule has 4 atom stereocenters. The van der Waals surface area contributed by atoms with Crippen LogP contribution in [0.2, 0.25) is 0 Å². The average Bonchev–Trinajstić information content (AvgIpc) is 2.14. The first-order chi connectivity index (χ1) is 7.74. The molecule has 1 radical (unpaired) electrons. The number of rotatable bonds is 1. The van der Waals surface area contributed by atoms with E-state index in [1.807, 2.05) is 6.92 Å². The molecule has 2 aliphatic rings. The lowest BCUT2D eigenvalue weighted by Crippen LogP contribution is -2.57. The van der Waals surface area contributed by atoms with E-state index in [9.17, 15) is 5.11 Å². The van der Waals surface area contributed by atoms with Gasteiger partial charge in [-0.1, -0.05) is 34.1 Å². The van der Waals surface area contributed by atoms with Crippen LogP contribution in [0.5, 0.6) is 0 Å². The molecule has 4 unspecified atom stereocenters. The number of hydrogen-bond acceptors (Lipinski definition) is 1. The van der Waals surface area contributed by atoms with Gasteiger partial charge in [-0.05, 0) is 61.7 Å². The lowest BCUT2D eigenvalue weighted by Gasteiger charge is -2.61. The fourth-order valence-electron chi connectivity index (χ4n) is 5.27. The zero-order chi connectivity index (χ0) is 12.9. The molecule has 0 spiro atoms. The molecule has 0 aromatic carbocycles. The molecule has 2 fully saturated rings. The highest BCUT2D eigenvalue weighted by Crippen LogP contribution is 2.62. The van der Waals surface area contributed by atoms with Gasteiger partial charge in [-0.25, -0.2) is 0 Å². The van der Waals surface area contributed by atoms with Gasteiger partial charge in [-0.2, -0.15) is 0 Å². The van der Waals surface area contributed by atoms with Crippen molar-refractivity contribution in [2.45, 2.75) is 71.8 Å². The predicted molar refractivity (Wildman–Crippen MR) is 72.6 cm³/mol. The van der Waals surface area contributed by atoms with E-state index in [4.69, 9.17) is 0 Å². The van der Waals surface area contributed by atoms with E-state index in [0.29, 0.717) is 16.7 Å². The first-order valence-corrected chi connectivity index (χ1v) is 7.26. The number of fused-ring (bicyclic) bond motifs is 1. The largest absolute Gasteiger partial charge is 0.390 e. The Labute approximate surface area is 107 Å². The molecule has 2 saturated carbocycles. The third-order valence-electron chi connectivity index (χ3n) is 6.05. The molecule has 0 amide bonds. The van der Waals surface area contributed by atoms with Crippen LogP contribution in [-0.2, 0) is 0 Å². The Balaban J connectivity index is 2.37. The molecule has 0 saturated heterocycles. The van der Waals surface area contributed by atoms with Crippen LogP contribution in [0.25, 0.3) is 0 Å². The molecule has 2 rings (SSSR count). The van der Waals surface area contributed by atoms with Gasteiger partial charge in [0.15, 0.2) is 0 Å². The van der Waals surface area contributed by atoms with E-state index in [0.717, 1.165) is 18.8 Å². The molecule has 1 heteroatoms. The maximum absolute atomic E-state index is 10.7. The minimum absolute atomic E-state index is 0.297. The summed E-state index contributed by atoms with van der Waals surface area (Å²) in [5, 5.41) is 10.7. The van der Waals surface area contributed by atoms with Crippen molar-refractivity contribution in [3.05, 3.63) is 6.92 Å². The molecule has 0 aromatic rings. The smallest absolute Gasteiger partial charge is 0.0653 e. The fourth-order valence-corrected chi connectivity index (χ4v) is 5.27. The van der Waals surface area contributed by atoms with Gasteiger partial charge in [0.05, 0.1) is 5.60 Å². The summed E-state index contributed by atoms with van der Waals surface area (Å²) in [6.07, 6.45) is 6.95. The summed E-state index contributed by atoms with van der Waals surface area (Å²) in [4.78, 5) is 0. The van der Waals surface area contributed by atoms with E-state index in [-0.39, 0.29) is 0 Å². The summed E-state index contributed by atoms with van der Waals surface area (Å²) in [5.74, 6) is 1.13. The first kappa shape index (κ1) is 13.4. The molecule has 99 valence electrons. The van der Waals surface area contributed by atoms with Crippen LogP contribution in [0.4, 0.5) is 0 Å². The van der Waals surface area contributed by atoms with Gasteiger partial charge < -0.3 is 5.11 Å². The average molecular weight is 237 g/mol. The molecule has 0 aromatic heterocycles. The quantitative estimate of drug-likeness (QED) is 0.724.